The lowest BCUT2D eigenvalue weighted by Crippen LogP contribution is -2.27. The van der Waals surface area contributed by atoms with Crippen molar-refractivity contribution in [3.05, 3.63) is 50.9 Å². The highest BCUT2D eigenvalue weighted by atomic mass is 35.5. The van der Waals surface area contributed by atoms with Crippen LogP contribution in [-0.2, 0) is 17.7 Å². The zero-order valence-corrected chi connectivity index (χ0v) is 16.9. The number of carbonyl (C=O) groups is 1. The molecule has 138 valence electrons. The lowest BCUT2D eigenvalue weighted by molar-refractivity contribution is 0.102. The molecule has 26 heavy (non-hydrogen) atoms. The van der Waals surface area contributed by atoms with Crippen LogP contribution >= 0.6 is 35.1 Å². The molecule has 0 bridgehead atoms. The smallest absolute Gasteiger partial charge is 0.268 e. The third kappa shape index (κ3) is 4.34. The number of fused-ring (bicyclic) bond motifs is 1. The van der Waals surface area contributed by atoms with Crippen molar-refractivity contribution in [2.75, 3.05) is 19.5 Å². The van der Waals surface area contributed by atoms with Crippen molar-refractivity contribution in [2.45, 2.75) is 35.2 Å². The SMILES string of the molecule is COCCn1c(SCC(=O)c2ccc(Cl)cc2)nc2c(c1=O)S[C@H](C)C2. The lowest BCUT2D eigenvalue weighted by Gasteiger charge is -2.13. The number of hydrogen-bond donors (Lipinski definition) is 0. The van der Waals surface area contributed by atoms with Crippen molar-refractivity contribution in [1.29, 1.82) is 0 Å². The number of nitrogens with zero attached hydrogens (tertiary/aromatic N) is 2. The third-order valence-electron chi connectivity index (χ3n) is 3.98. The molecule has 5 nitrogen and oxygen atoms in total. The molecule has 1 aliphatic rings. The van der Waals surface area contributed by atoms with Crippen molar-refractivity contribution < 1.29 is 9.53 Å². The van der Waals surface area contributed by atoms with Gasteiger partial charge in [-0.05, 0) is 24.3 Å². The Labute approximate surface area is 165 Å². The minimum atomic E-state index is -0.0390. The van der Waals surface area contributed by atoms with Crippen molar-refractivity contribution in [3.8, 4) is 0 Å². The molecule has 3 rings (SSSR count). The quantitative estimate of drug-likeness (QED) is 0.395. The number of halogens is 1. The van der Waals surface area contributed by atoms with Crippen LogP contribution < -0.4 is 5.56 Å². The lowest BCUT2D eigenvalue weighted by atomic mass is 10.1. The van der Waals surface area contributed by atoms with Gasteiger partial charge in [0.2, 0.25) is 0 Å². The maximum atomic E-state index is 12.8. The van der Waals surface area contributed by atoms with E-state index in [1.54, 1.807) is 47.7 Å². The number of aromatic nitrogens is 2. The molecule has 0 spiro atoms. The fourth-order valence-corrected chi connectivity index (χ4v) is 4.85. The summed E-state index contributed by atoms with van der Waals surface area (Å²) in [5.74, 6) is 0.185. The van der Waals surface area contributed by atoms with E-state index in [4.69, 9.17) is 16.3 Å². The van der Waals surface area contributed by atoms with Gasteiger partial charge in [0.05, 0.1) is 29.5 Å². The van der Waals surface area contributed by atoms with Crippen LogP contribution in [0, 0.1) is 0 Å². The van der Waals surface area contributed by atoms with Gasteiger partial charge in [0.1, 0.15) is 0 Å². The number of ether oxygens (including phenoxy) is 1. The summed E-state index contributed by atoms with van der Waals surface area (Å²) in [4.78, 5) is 30.6. The molecule has 8 heteroatoms. The van der Waals surface area contributed by atoms with Gasteiger partial charge in [-0.3, -0.25) is 14.2 Å². The van der Waals surface area contributed by atoms with Crippen LogP contribution in [-0.4, -0.2) is 40.1 Å². The Hall–Kier alpha value is -1.28. The van der Waals surface area contributed by atoms with E-state index in [1.165, 1.54) is 11.8 Å². The van der Waals surface area contributed by atoms with Crippen molar-refractivity contribution in [3.63, 3.8) is 0 Å². The van der Waals surface area contributed by atoms with Gasteiger partial charge in [-0.1, -0.05) is 30.3 Å². The van der Waals surface area contributed by atoms with Crippen LogP contribution in [0.25, 0.3) is 0 Å². The van der Waals surface area contributed by atoms with Gasteiger partial charge >= 0.3 is 0 Å². The molecular formula is C18H19ClN2O3S2. The second kappa shape index (κ2) is 8.61. The van der Waals surface area contributed by atoms with E-state index in [0.717, 1.165) is 17.0 Å². The van der Waals surface area contributed by atoms with Crippen LogP contribution in [0.4, 0.5) is 0 Å². The number of rotatable bonds is 7. The normalized spacial score (nSPS) is 15.9. The summed E-state index contributed by atoms with van der Waals surface area (Å²) in [6, 6.07) is 6.80. The van der Waals surface area contributed by atoms with Gasteiger partial charge in [0.25, 0.3) is 5.56 Å². The van der Waals surface area contributed by atoms with Gasteiger partial charge in [-0.25, -0.2) is 4.98 Å². The number of benzene rings is 1. The topological polar surface area (TPSA) is 61.2 Å². The highest BCUT2D eigenvalue weighted by Gasteiger charge is 2.26. The second-order valence-electron chi connectivity index (χ2n) is 5.97. The molecule has 0 aliphatic carbocycles. The van der Waals surface area contributed by atoms with Crippen LogP contribution in [0.15, 0.2) is 39.1 Å². The van der Waals surface area contributed by atoms with Crippen LogP contribution in [0.3, 0.4) is 0 Å². The largest absolute Gasteiger partial charge is 0.383 e. The molecule has 1 aromatic carbocycles. The molecule has 1 atom stereocenters. The van der Waals surface area contributed by atoms with Gasteiger partial charge in [-0.2, -0.15) is 0 Å². The summed E-state index contributed by atoms with van der Waals surface area (Å²) in [5, 5.41) is 1.51. The average molecular weight is 411 g/mol. The first-order valence-electron chi connectivity index (χ1n) is 8.20. The Morgan fingerprint density at radius 3 is 2.85 bits per heavy atom. The summed E-state index contributed by atoms with van der Waals surface area (Å²) in [6.07, 6.45) is 0.777. The zero-order chi connectivity index (χ0) is 18.7. The molecule has 1 aliphatic heterocycles. The van der Waals surface area contributed by atoms with E-state index in [2.05, 4.69) is 11.9 Å². The predicted molar refractivity (Wildman–Crippen MR) is 106 cm³/mol. The number of methoxy groups -OCH3 is 1. The Bertz CT molecular complexity index is 868. The molecule has 0 amide bonds. The fourth-order valence-electron chi connectivity index (χ4n) is 2.67. The number of hydrogen-bond acceptors (Lipinski definition) is 6. The van der Waals surface area contributed by atoms with E-state index in [-0.39, 0.29) is 17.1 Å². The zero-order valence-electron chi connectivity index (χ0n) is 14.5. The third-order valence-corrected chi connectivity index (χ3v) is 6.42. The highest BCUT2D eigenvalue weighted by Crippen LogP contribution is 2.34. The Balaban J connectivity index is 1.83. The fraction of sp³-hybridized carbons (Fsp3) is 0.389. The maximum Gasteiger partial charge on any atom is 0.268 e. The Morgan fingerprint density at radius 1 is 1.42 bits per heavy atom. The monoisotopic (exact) mass is 410 g/mol. The Kier molecular flexibility index (Phi) is 6.45. The first-order valence-corrected chi connectivity index (χ1v) is 10.4. The molecular weight excluding hydrogens is 392 g/mol. The Morgan fingerprint density at radius 2 is 2.15 bits per heavy atom. The molecule has 2 heterocycles. The molecule has 0 saturated heterocycles. The minimum absolute atomic E-state index is 0.0255. The maximum absolute atomic E-state index is 12.8. The van der Waals surface area contributed by atoms with Crippen LogP contribution in [0.2, 0.25) is 5.02 Å². The summed E-state index contributed by atoms with van der Waals surface area (Å²) in [5.41, 5.74) is 1.39. The second-order valence-corrected chi connectivity index (χ2v) is 8.80. The van der Waals surface area contributed by atoms with Gasteiger partial charge in [0.15, 0.2) is 10.9 Å². The predicted octanol–water partition coefficient (Wildman–Crippen LogP) is 3.55. The number of thioether (sulfide) groups is 2. The molecule has 0 unspecified atom stereocenters. The van der Waals surface area contributed by atoms with Crippen molar-refractivity contribution >= 4 is 40.9 Å². The van der Waals surface area contributed by atoms with E-state index in [9.17, 15) is 9.59 Å². The number of carbonyl (C=O) groups excluding carboxylic acids is 1. The van der Waals surface area contributed by atoms with Crippen molar-refractivity contribution in [1.82, 2.24) is 9.55 Å². The van der Waals surface area contributed by atoms with Gasteiger partial charge in [-0.15, -0.1) is 11.8 Å². The number of Topliss-reactive ketones (excluding diaryl/α,β-unsaturated/α-hetero) is 1. The molecule has 1 aromatic heterocycles. The van der Waals surface area contributed by atoms with E-state index in [1.807, 2.05) is 0 Å². The van der Waals surface area contributed by atoms with Crippen molar-refractivity contribution in [2.24, 2.45) is 0 Å². The van der Waals surface area contributed by atoms with Crippen LogP contribution in [0.1, 0.15) is 23.0 Å². The summed E-state index contributed by atoms with van der Waals surface area (Å²) in [7, 11) is 1.60. The van der Waals surface area contributed by atoms with E-state index >= 15 is 0 Å². The molecule has 0 fully saturated rings. The summed E-state index contributed by atoms with van der Waals surface area (Å²) >= 11 is 8.73. The standard InChI is InChI=1S/C18H19ClN2O3S2/c1-11-9-14-16(26-11)17(23)21(7-8-24-2)18(20-14)25-10-15(22)12-3-5-13(19)6-4-12/h3-6,11H,7-10H2,1-2H3/t11-/m1/s1. The van der Waals surface area contributed by atoms with Gasteiger partial charge < -0.3 is 4.74 Å². The van der Waals surface area contributed by atoms with Crippen LogP contribution in [0.5, 0.6) is 0 Å². The van der Waals surface area contributed by atoms with Gasteiger partial charge in [0, 0.05) is 29.4 Å². The first kappa shape index (κ1) is 19.5. The molecule has 0 radical (unpaired) electrons. The molecule has 0 saturated carbocycles. The molecule has 2 aromatic rings. The first-order chi connectivity index (χ1) is 12.5. The molecule has 0 N–H and O–H groups in total. The average Bonchev–Trinajstić information content (AvgIpc) is 3.00. The summed E-state index contributed by atoms with van der Waals surface area (Å²) in [6.45, 7) is 2.92. The number of ketones is 1. The summed E-state index contributed by atoms with van der Waals surface area (Å²) < 4.78 is 6.74. The van der Waals surface area contributed by atoms with E-state index < -0.39 is 0 Å². The minimum Gasteiger partial charge on any atom is -0.383 e. The van der Waals surface area contributed by atoms with E-state index in [0.29, 0.717) is 34.1 Å². The highest BCUT2D eigenvalue weighted by molar-refractivity contribution is 8.00.